The van der Waals surface area contributed by atoms with E-state index in [9.17, 15) is 4.79 Å². The third-order valence-electron chi connectivity index (χ3n) is 4.42. The van der Waals surface area contributed by atoms with E-state index in [1.165, 1.54) is 23.1 Å². The molecule has 158 valence electrons. The molecule has 0 bridgehead atoms. The molecule has 0 aliphatic rings. The van der Waals surface area contributed by atoms with E-state index in [0.717, 1.165) is 22.6 Å². The number of nitrogens with zero attached hydrogens (tertiary/aromatic N) is 4. The molecule has 0 saturated heterocycles. The highest BCUT2D eigenvalue weighted by molar-refractivity contribution is 7.99. The van der Waals surface area contributed by atoms with Crippen LogP contribution in [0.4, 0.5) is 5.13 Å². The predicted molar refractivity (Wildman–Crippen MR) is 125 cm³/mol. The van der Waals surface area contributed by atoms with Gasteiger partial charge in [-0.05, 0) is 19.1 Å². The van der Waals surface area contributed by atoms with Crippen molar-refractivity contribution in [2.45, 2.75) is 12.1 Å². The third kappa shape index (κ3) is 4.95. The molecule has 0 atom stereocenters. The van der Waals surface area contributed by atoms with Crippen LogP contribution in [0.1, 0.15) is 6.92 Å². The van der Waals surface area contributed by atoms with Gasteiger partial charge in [-0.1, -0.05) is 54.2 Å². The van der Waals surface area contributed by atoms with E-state index >= 15 is 0 Å². The van der Waals surface area contributed by atoms with Gasteiger partial charge in [0, 0.05) is 18.0 Å². The van der Waals surface area contributed by atoms with E-state index in [2.05, 4.69) is 20.5 Å². The molecule has 0 saturated carbocycles. The van der Waals surface area contributed by atoms with Gasteiger partial charge in [0.15, 0.2) is 16.1 Å². The van der Waals surface area contributed by atoms with Crippen LogP contribution in [0.25, 0.3) is 22.6 Å². The number of nitrogens with one attached hydrogen (secondary N) is 1. The Labute approximate surface area is 188 Å². The molecular formula is C22H21N5O2S2. The molecule has 0 aliphatic carbocycles. The zero-order valence-corrected chi connectivity index (χ0v) is 18.7. The molecule has 9 heteroatoms. The van der Waals surface area contributed by atoms with Gasteiger partial charge in [0.05, 0.1) is 23.6 Å². The average molecular weight is 452 g/mol. The van der Waals surface area contributed by atoms with Crippen molar-refractivity contribution < 1.29 is 9.53 Å². The first-order valence-corrected chi connectivity index (χ1v) is 11.6. The van der Waals surface area contributed by atoms with Gasteiger partial charge in [0.2, 0.25) is 5.91 Å². The summed E-state index contributed by atoms with van der Waals surface area (Å²) in [4.78, 5) is 16.9. The van der Waals surface area contributed by atoms with E-state index in [1.54, 1.807) is 0 Å². The van der Waals surface area contributed by atoms with Gasteiger partial charge in [-0.2, -0.15) is 0 Å². The highest BCUT2D eigenvalue weighted by Gasteiger charge is 2.16. The Bertz CT molecular complexity index is 1170. The predicted octanol–water partition coefficient (Wildman–Crippen LogP) is 4.74. The zero-order chi connectivity index (χ0) is 21.6. The molecule has 0 unspecified atom stereocenters. The molecule has 0 fully saturated rings. The van der Waals surface area contributed by atoms with Crippen LogP contribution in [-0.2, 0) is 11.8 Å². The van der Waals surface area contributed by atoms with Crippen molar-refractivity contribution in [1.29, 1.82) is 0 Å². The third-order valence-corrected chi connectivity index (χ3v) is 6.19. The zero-order valence-electron chi connectivity index (χ0n) is 17.1. The second-order valence-electron chi connectivity index (χ2n) is 6.54. The number of anilines is 1. The lowest BCUT2D eigenvalue weighted by molar-refractivity contribution is -0.113. The Kier molecular flexibility index (Phi) is 6.63. The fourth-order valence-corrected chi connectivity index (χ4v) is 4.41. The summed E-state index contributed by atoms with van der Waals surface area (Å²) in [5.74, 6) is 1.52. The highest BCUT2D eigenvalue weighted by Crippen LogP contribution is 2.30. The molecule has 31 heavy (non-hydrogen) atoms. The minimum absolute atomic E-state index is 0.141. The minimum atomic E-state index is -0.141. The monoisotopic (exact) mass is 451 g/mol. The summed E-state index contributed by atoms with van der Waals surface area (Å²) < 4.78 is 7.56. The second kappa shape index (κ2) is 9.76. The lowest BCUT2D eigenvalue weighted by Gasteiger charge is -2.09. The number of carbonyl (C=O) groups excluding carboxylic acids is 1. The standard InChI is InChI=1S/C22H21N5O2S2/c1-3-29-18-12-8-7-11-16(18)20-25-26-22(27(20)2)31-14-19(28)24-21-23-17(13-30-21)15-9-5-4-6-10-15/h4-13H,3,14H2,1-2H3,(H,23,24,28). The number of hydrogen-bond donors (Lipinski definition) is 1. The highest BCUT2D eigenvalue weighted by atomic mass is 32.2. The van der Waals surface area contributed by atoms with Crippen molar-refractivity contribution in [3.63, 3.8) is 0 Å². The summed E-state index contributed by atoms with van der Waals surface area (Å²) in [6.45, 7) is 2.51. The number of benzene rings is 2. The molecule has 0 aliphatic heterocycles. The van der Waals surface area contributed by atoms with Crippen molar-refractivity contribution >= 4 is 34.1 Å². The van der Waals surface area contributed by atoms with Crippen molar-refractivity contribution in [1.82, 2.24) is 19.7 Å². The van der Waals surface area contributed by atoms with Crippen molar-refractivity contribution in [3.8, 4) is 28.4 Å². The summed E-state index contributed by atoms with van der Waals surface area (Å²) in [5, 5.41) is 14.6. The van der Waals surface area contributed by atoms with Gasteiger partial charge in [-0.15, -0.1) is 21.5 Å². The number of hydrogen-bond acceptors (Lipinski definition) is 7. The molecule has 4 aromatic rings. The molecule has 2 aromatic carbocycles. The Morgan fingerprint density at radius 2 is 1.90 bits per heavy atom. The largest absolute Gasteiger partial charge is 0.493 e. The molecule has 1 amide bonds. The Morgan fingerprint density at radius 3 is 2.71 bits per heavy atom. The van der Waals surface area contributed by atoms with Crippen LogP contribution in [0.15, 0.2) is 65.1 Å². The molecule has 7 nitrogen and oxygen atoms in total. The Hall–Kier alpha value is -3.17. The smallest absolute Gasteiger partial charge is 0.236 e. The first kappa shape index (κ1) is 21.1. The lowest BCUT2D eigenvalue weighted by Crippen LogP contribution is -2.14. The molecular weight excluding hydrogens is 430 g/mol. The van der Waals surface area contributed by atoms with Crippen molar-refractivity contribution in [2.75, 3.05) is 17.7 Å². The number of para-hydroxylation sites is 1. The van der Waals surface area contributed by atoms with Crippen molar-refractivity contribution in [2.24, 2.45) is 7.05 Å². The normalized spacial score (nSPS) is 10.8. The summed E-state index contributed by atoms with van der Waals surface area (Å²) in [7, 11) is 1.88. The minimum Gasteiger partial charge on any atom is -0.493 e. The van der Waals surface area contributed by atoms with Gasteiger partial charge in [0.1, 0.15) is 5.75 Å². The van der Waals surface area contributed by atoms with Crippen LogP contribution in [0, 0.1) is 0 Å². The summed E-state index contributed by atoms with van der Waals surface area (Å²) in [5.41, 5.74) is 2.74. The SMILES string of the molecule is CCOc1ccccc1-c1nnc(SCC(=O)Nc2nc(-c3ccccc3)cs2)n1C. The van der Waals surface area contributed by atoms with E-state index in [0.29, 0.717) is 22.7 Å². The second-order valence-corrected chi connectivity index (χ2v) is 8.34. The number of amides is 1. The first-order valence-electron chi connectivity index (χ1n) is 9.71. The maximum Gasteiger partial charge on any atom is 0.236 e. The quantitative estimate of drug-likeness (QED) is 0.390. The number of thioether (sulfide) groups is 1. The topological polar surface area (TPSA) is 81.9 Å². The summed E-state index contributed by atoms with van der Waals surface area (Å²) in [6.07, 6.45) is 0. The fraction of sp³-hybridized carbons (Fsp3) is 0.182. The van der Waals surface area contributed by atoms with Gasteiger partial charge >= 0.3 is 0 Å². The lowest BCUT2D eigenvalue weighted by atomic mass is 10.2. The summed E-state index contributed by atoms with van der Waals surface area (Å²) in [6, 6.07) is 17.6. The number of carbonyl (C=O) groups is 1. The van der Waals surface area contributed by atoms with Crippen LogP contribution in [0.2, 0.25) is 0 Å². The van der Waals surface area contributed by atoms with E-state index in [4.69, 9.17) is 4.74 Å². The van der Waals surface area contributed by atoms with Crippen LogP contribution < -0.4 is 10.1 Å². The van der Waals surface area contributed by atoms with Crippen LogP contribution >= 0.6 is 23.1 Å². The average Bonchev–Trinajstić information content (AvgIpc) is 3.40. The number of rotatable bonds is 8. The van der Waals surface area contributed by atoms with Crippen LogP contribution in [0.5, 0.6) is 5.75 Å². The van der Waals surface area contributed by atoms with Gasteiger partial charge in [-0.3, -0.25) is 4.79 Å². The fourth-order valence-electron chi connectivity index (χ4n) is 2.97. The van der Waals surface area contributed by atoms with Gasteiger partial charge in [-0.25, -0.2) is 4.98 Å². The Balaban J connectivity index is 1.39. The molecule has 4 rings (SSSR count). The van der Waals surface area contributed by atoms with E-state index in [-0.39, 0.29) is 11.7 Å². The van der Waals surface area contributed by atoms with Gasteiger partial charge in [0.25, 0.3) is 0 Å². The maximum absolute atomic E-state index is 12.4. The molecule has 0 spiro atoms. The molecule has 1 N–H and O–H groups in total. The van der Waals surface area contributed by atoms with Gasteiger partial charge < -0.3 is 14.6 Å². The van der Waals surface area contributed by atoms with E-state index in [1.807, 2.05) is 78.5 Å². The summed E-state index contributed by atoms with van der Waals surface area (Å²) >= 11 is 2.73. The molecule has 2 heterocycles. The maximum atomic E-state index is 12.4. The van der Waals surface area contributed by atoms with Crippen LogP contribution in [0.3, 0.4) is 0 Å². The first-order chi connectivity index (χ1) is 15.2. The number of aromatic nitrogens is 4. The number of ether oxygens (including phenoxy) is 1. The Morgan fingerprint density at radius 1 is 1.13 bits per heavy atom. The van der Waals surface area contributed by atoms with E-state index < -0.39 is 0 Å². The van der Waals surface area contributed by atoms with Crippen LogP contribution in [-0.4, -0.2) is 38.0 Å². The molecule has 0 radical (unpaired) electrons. The van der Waals surface area contributed by atoms with Crippen molar-refractivity contribution in [3.05, 3.63) is 60.0 Å². The molecule has 2 aromatic heterocycles. The number of thiazole rings is 1.